The van der Waals surface area contributed by atoms with Crippen LogP contribution in [0.1, 0.15) is 24.4 Å². The number of aromatic nitrogens is 2. The molecule has 1 unspecified atom stereocenters. The minimum Gasteiger partial charge on any atom is -0.484 e. The number of rotatable bonds is 9. The van der Waals surface area contributed by atoms with E-state index in [2.05, 4.69) is 5.32 Å². The molecule has 2 amide bonds. The predicted octanol–water partition coefficient (Wildman–Crippen LogP) is 4.60. The summed E-state index contributed by atoms with van der Waals surface area (Å²) in [5.41, 5.74) is 2.65. The Hall–Kier alpha value is -3.84. The molecule has 1 atom stereocenters. The van der Waals surface area contributed by atoms with Crippen LogP contribution in [-0.2, 0) is 22.7 Å². The van der Waals surface area contributed by atoms with E-state index < -0.39 is 6.04 Å². The lowest BCUT2D eigenvalue weighted by Crippen LogP contribution is -2.34. The minimum atomic E-state index is -0.434. The smallest absolute Gasteiger partial charge is 0.258 e. The van der Waals surface area contributed by atoms with E-state index in [-0.39, 0.29) is 25.0 Å². The van der Waals surface area contributed by atoms with E-state index in [4.69, 9.17) is 21.3 Å². The number of hydrogen-bond donors (Lipinski definition) is 1. The number of nitrogens with zero attached hydrogens (tertiary/aromatic N) is 3. The van der Waals surface area contributed by atoms with Crippen molar-refractivity contribution in [1.29, 1.82) is 0 Å². The Morgan fingerprint density at radius 3 is 2.46 bits per heavy atom. The number of carbonyl (C=O) groups excluding carboxylic acids is 2. The monoisotopic (exact) mass is 490 g/mol. The summed E-state index contributed by atoms with van der Waals surface area (Å²) in [7, 11) is 1.79. The van der Waals surface area contributed by atoms with Gasteiger partial charge in [-0.3, -0.25) is 9.59 Å². The molecule has 1 N–H and O–H groups in total. The molecule has 0 bridgehead atoms. The van der Waals surface area contributed by atoms with Gasteiger partial charge < -0.3 is 19.5 Å². The second-order valence-corrected chi connectivity index (χ2v) is 8.75. The number of benzene rings is 3. The van der Waals surface area contributed by atoms with Crippen LogP contribution in [0, 0.1) is 0 Å². The van der Waals surface area contributed by atoms with Crippen LogP contribution in [0.25, 0.3) is 11.0 Å². The summed E-state index contributed by atoms with van der Waals surface area (Å²) in [6.07, 6.45) is 0. The highest BCUT2D eigenvalue weighted by atomic mass is 35.5. The van der Waals surface area contributed by atoms with Gasteiger partial charge in [-0.2, -0.15) is 0 Å². The number of fused-ring (bicyclic) bond motifs is 1. The van der Waals surface area contributed by atoms with Gasteiger partial charge in [0, 0.05) is 18.6 Å². The lowest BCUT2D eigenvalue weighted by Gasteiger charge is -2.20. The van der Waals surface area contributed by atoms with Gasteiger partial charge in [-0.25, -0.2) is 4.98 Å². The van der Waals surface area contributed by atoms with Crippen molar-refractivity contribution in [3.05, 3.63) is 95.3 Å². The lowest BCUT2D eigenvalue weighted by atomic mass is 10.2. The van der Waals surface area contributed by atoms with Gasteiger partial charge in [0.2, 0.25) is 5.91 Å². The summed E-state index contributed by atoms with van der Waals surface area (Å²) in [5, 5.41) is 3.52. The maximum absolute atomic E-state index is 13.1. The SMILES string of the molecule is CC(NC(=O)COc1ccc(Cl)cc1)c1nc2ccccc2n1CC(=O)N(C)Cc1ccccc1. The second kappa shape index (κ2) is 11.1. The molecule has 35 heavy (non-hydrogen) atoms. The molecule has 0 saturated carbocycles. The van der Waals surface area contributed by atoms with Crippen molar-refractivity contribution in [2.24, 2.45) is 0 Å². The topological polar surface area (TPSA) is 76.5 Å². The summed E-state index contributed by atoms with van der Waals surface area (Å²) in [6.45, 7) is 2.32. The Morgan fingerprint density at radius 1 is 1.03 bits per heavy atom. The Labute approximate surface area is 209 Å². The maximum Gasteiger partial charge on any atom is 0.258 e. The third kappa shape index (κ3) is 6.19. The summed E-state index contributed by atoms with van der Waals surface area (Å²) in [4.78, 5) is 32.1. The van der Waals surface area contributed by atoms with Crippen molar-refractivity contribution in [2.45, 2.75) is 26.1 Å². The molecule has 7 nitrogen and oxygen atoms in total. The van der Waals surface area contributed by atoms with Crippen LogP contribution < -0.4 is 10.1 Å². The van der Waals surface area contributed by atoms with Gasteiger partial charge in [-0.05, 0) is 48.9 Å². The molecule has 8 heteroatoms. The largest absolute Gasteiger partial charge is 0.484 e. The second-order valence-electron chi connectivity index (χ2n) is 8.31. The molecule has 0 saturated heterocycles. The number of nitrogens with one attached hydrogen (secondary N) is 1. The van der Waals surface area contributed by atoms with Gasteiger partial charge in [-0.15, -0.1) is 0 Å². The molecule has 0 aliphatic heterocycles. The fourth-order valence-corrected chi connectivity index (χ4v) is 3.95. The summed E-state index contributed by atoms with van der Waals surface area (Å²) < 4.78 is 7.41. The number of likely N-dealkylation sites (N-methyl/N-ethyl adjacent to an activating group) is 1. The quantitative estimate of drug-likeness (QED) is 0.372. The van der Waals surface area contributed by atoms with Crippen molar-refractivity contribution in [2.75, 3.05) is 13.7 Å². The molecule has 1 aromatic heterocycles. The molecule has 180 valence electrons. The highest BCUT2D eigenvalue weighted by molar-refractivity contribution is 6.30. The van der Waals surface area contributed by atoms with Crippen LogP contribution in [0.2, 0.25) is 5.02 Å². The molecule has 0 aliphatic rings. The standard InChI is InChI=1S/C27H27ClN4O3/c1-19(29-25(33)18-35-22-14-12-21(28)13-15-22)27-30-23-10-6-7-11-24(23)32(27)17-26(34)31(2)16-20-8-4-3-5-9-20/h3-15,19H,16-18H2,1-2H3,(H,29,33). The first-order chi connectivity index (χ1) is 16.9. The van der Waals surface area contributed by atoms with Crippen molar-refractivity contribution in [3.63, 3.8) is 0 Å². The van der Waals surface area contributed by atoms with E-state index in [1.54, 1.807) is 36.2 Å². The number of ether oxygens (including phenoxy) is 1. The van der Waals surface area contributed by atoms with E-state index in [9.17, 15) is 9.59 Å². The minimum absolute atomic E-state index is 0.0529. The number of para-hydroxylation sites is 2. The Balaban J connectivity index is 1.46. The predicted molar refractivity (Wildman–Crippen MR) is 136 cm³/mol. The average molecular weight is 491 g/mol. The molecule has 0 aliphatic carbocycles. The lowest BCUT2D eigenvalue weighted by molar-refractivity contribution is -0.131. The fourth-order valence-electron chi connectivity index (χ4n) is 3.82. The molecule has 1 heterocycles. The highest BCUT2D eigenvalue weighted by Crippen LogP contribution is 2.21. The molecule has 4 rings (SSSR count). The van der Waals surface area contributed by atoms with Gasteiger partial charge in [0.15, 0.2) is 6.61 Å². The highest BCUT2D eigenvalue weighted by Gasteiger charge is 2.21. The van der Waals surface area contributed by atoms with Gasteiger partial charge in [0.1, 0.15) is 18.1 Å². The Bertz CT molecular complexity index is 1310. The third-order valence-corrected chi connectivity index (χ3v) is 5.87. The Morgan fingerprint density at radius 2 is 1.71 bits per heavy atom. The number of amides is 2. The zero-order chi connectivity index (χ0) is 24.8. The van der Waals surface area contributed by atoms with Crippen LogP contribution in [0.5, 0.6) is 5.75 Å². The average Bonchev–Trinajstić information content (AvgIpc) is 3.23. The van der Waals surface area contributed by atoms with Gasteiger partial charge >= 0.3 is 0 Å². The number of imidazole rings is 1. The third-order valence-electron chi connectivity index (χ3n) is 5.61. The van der Waals surface area contributed by atoms with Crippen molar-refractivity contribution < 1.29 is 14.3 Å². The zero-order valence-electron chi connectivity index (χ0n) is 19.6. The van der Waals surface area contributed by atoms with Crippen molar-refractivity contribution >= 4 is 34.4 Å². The van der Waals surface area contributed by atoms with Crippen LogP contribution in [-0.4, -0.2) is 39.9 Å². The van der Waals surface area contributed by atoms with E-state index in [1.165, 1.54) is 0 Å². The molecular weight excluding hydrogens is 464 g/mol. The molecule has 0 fully saturated rings. The molecule has 3 aromatic carbocycles. The number of halogens is 1. The van der Waals surface area contributed by atoms with Crippen molar-refractivity contribution in [1.82, 2.24) is 19.8 Å². The number of carbonyl (C=O) groups is 2. The van der Waals surface area contributed by atoms with E-state index in [1.807, 2.05) is 66.1 Å². The van der Waals surface area contributed by atoms with Crippen LogP contribution in [0.4, 0.5) is 0 Å². The van der Waals surface area contributed by atoms with E-state index in [0.717, 1.165) is 16.6 Å². The normalized spacial score (nSPS) is 11.7. The van der Waals surface area contributed by atoms with Gasteiger partial charge in [0.25, 0.3) is 5.91 Å². The van der Waals surface area contributed by atoms with Gasteiger partial charge in [-0.1, -0.05) is 54.1 Å². The maximum atomic E-state index is 13.1. The first-order valence-corrected chi connectivity index (χ1v) is 11.7. The number of hydrogen-bond acceptors (Lipinski definition) is 4. The molecule has 4 aromatic rings. The molecular formula is C27H27ClN4O3. The summed E-state index contributed by atoms with van der Waals surface area (Å²) in [6, 6.07) is 23.8. The van der Waals surface area contributed by atoms with Crippen LogP contribution in [0.3, 0.4) is 0 Å². The first kappa shape index (κ1) is 24.3. The first-order valence-electron chi connectivity index (χ1n) is 11.3. The van der Waals surface area contributed by atoms with Crippen molar-refractivity contribution in [3.8, 4) is 5.75 Å². The van der Waals surface area contributed by atoms with E-state index in [0.29, 0.717) is 23.1 Å². The summed E-state index contributed by atoms with van der Waals surface area (Å²) >= 11 is 5.88. The molecule has 0 spiro atoms. The Kier molecular flexibility index (Phi) is 7.67. The van der Waals surface area contributed by atoms with Gasteiger partial charge in [0.05, 0.1) is 17.1 Å². The van der Waals surface area contributed by atoms with Crippen LogP contribution >= 0.6 is 11.6 Å². The zero-order valence-corrected chi connectivity index (χ0v) is 20.4. The fraction of sp³-hybridized carbons (Fsp3) is 0.222. The van der Waals surface area contributed by atoms with E-state index >= 15 is 0 Å². The summed E-state index contributed by atoms with van der Waals surface area (Å²) in [5.74, 6) is 0.811. The van der Waals surface area contributed by atoms with Crippen LogP contribution in [0.15, 0.2) is 78.9 Å². The molecule has 0 radical (unpaired) electrons.